The maximum Gasteiger partial charge on any atom is 0.259 e. The monoisotopic (exact) mass is 126 g/mol. The van der Waals surface area contributed by atoms with Gasteiger partial charge >= 0.3 is 0 Å². The number of alkyl halides is 2. The predicted molar refractivity (Wildman–Crippen MR) is 29.5 cm³/mol. The van der Waals surface area contributed by atoms with Crippen molar-refractivity contribution in [2.45, 2.75) is 19.5 Å². The lowest BCUT2D eigenvalue weighted by molar-refractivity contribution is 0.124. The van der Waals surface area contributed by atoms with Crippen LogP contribution in [0.1, 0.15) is 13.8 Å². The fourth-order valence-electron chi connectivity index (χ4n) is 0.310. The van der Waals surface area contributed by atoms with Crippen molar-refractivity contribution in [1.82, 2.24) is 0 Å². The second-order valence-corrected chi connectivity index (χ2v) is 3.36. The molecule has 0 amide bonds. The third-order valence-electron chi connectivity index (χ3n) is 0.487. The largest absolute Gasteiger partial charge is 0.259 e. The van der Waals surface area contributed by atoms with E-state index < -0.39 is 5.66 Å². The maximum absolute atomic E-state index is 11.7. The van der Waals surface area contributed by atoms with Gasteiger partial charge in [-0.25, -0.2) is 8.78 Å². The second kappa shape index (κ2) is 2.56. The highest BCUT2D eigenvalue weighted by atomic mass is 31.1. The number of hydrogen-bond donors (Lipinski definition) is 0. The number of halogens is 2. The Morgan fingerprint density at radius 2 is 2.00 bits per heavy atom. The molecule has 0 saturated heterocycles. The minimum absolute atomic E-state index is 0.209. The van der Waals surface area contributed by atoms with Gasteiger partial charge in [-0.3, -0.25) is 0 Å². The zero-order valence-corrected chi connectivity index (χ0v) is 5.46. The summed E-state index contributed by atoms with van der Waals surface area (Å²) in [5, 5.41) is 0. The van der Waals surface area contributed by atoms with Crippen molar-refractivity contribution in [2.24, 2.45) is 0 Å². The second-order valence-electron chi connectivity index (χ2n) is 1.42. The molecule has 0 aromatic rings. The third kappa shape index (κ3) is 6.29. The van der Waals surface area contributed by atoms with Crippen LogP contribution in [0, 0.1) is 0 Å². The summed E-state index contributed by atoms with van der Waals surface area (Å²) in [7, 11) is -0.209. The Kier molecular flexibility index (Phi) is 2.67. The molecule has 0 radical (unpaired) electrons. The molecule has 0 fully saturated rings. The van der Waals surface area contributed by atoms with Crippen molar-refractivity contribution in [2.75, 3.05) is 6.16 Å². The van der Waals surface area contributed by atoms with E-state index in [1.165, 1.54) is 0 Å². The summed E-state index contributed by atoms with van der Waals surface area (Å²) >= 11 is 0. The average Bonchev–Trinajstić information content (AvgIpc) is 1.30. The van der Waals surface area contributed by atoms with Gasteiger partial charge < -0.3 is 0 Å². The number of hydrogen-bond acceptors (Lipinski definition) is 0. The molecule has 0 N–H and O–H groups in total. The highest BCUT2D eigenvalue weighted by Gasteiger charge is 2.17. The lowest BCUT2D eigenvalue weighted by Crippen LogP contribution is -1.98. The van der Waals surface area contributed by atoms with Gasteiger partial charge in [-0.2, -0.15) is 0 Å². The SMILES string of the molecule is CCPC(C)(F)F. The molecule has 0 nitrogen and oxygen atoms in total. The molecule has 44 valence electrons. The van der Waals surface area contributed by atoms with E-state index in [1.807, 2.05) is 0 Å². The maximum atomic E-state index is 11.7. The number of rotatable bonds is 2. The van der Waals surface area contributed by atoms with Crippen LogP contribution in [0.2, 0.25) is 0 Å². The van der Waals surface area contributed by atoms with Crippen LogP contribution < -0.4 is 0 Å². The Hall–Kier alpha value is 0.290. The van der Waals surface area contributed by atoms with Gasteiger partial charge in [-0.15, -0.1) is 0 Å². The first kappa shape index (κ1) is 7.29. The Bertz CT molecular complexity index is 48.1. The molecule has 0 bridgehead atoms. The van der Waals surface area contributed by atoms with Crippen molar-refractivity contribution >= 4 is 8.58 Å². The van der Waals surface area contributed by atoms with Crippen molar-refractivity contribution in [1.29, 1.82) is 0 Å². The summed E-state index contributed by atoms with van der Waals surface area (Å²) in [5.41, 5.74) is -2.42. The molecule has 3 heteroatoms. The lowest BCUT2D eigenvalue weighted by Gasteiger charge is -2.05. The first-order valence-corrected chi connectivity index (χ1v) is 3.40. The first-order valence-electron chi connectivity index (χ1n) is 2.19. The van der Waals surface area contributed by atoms with Crippen LogP contribution in [0.15, 0.2) is 0 Å². The van der Waals surface area contributed by atoms with E-state index in [1.54, 1.807) is 6.92 Å². The van der Waals surface area contributed by atoms with E-state index in [0.717, 1.165) is 6.92 Å². The fraction of sp³-hybridized carbons (Fsp3) is 1.00. The minimum atomic E-state index is -2.42. The van der Waals surface area contributed by atoms with Gasteiger partial charge in [0.2, 0.25) is 0 Å². The molecular weight excluding hydrogens is 117 g/mol. The van der Waals surface area contributed by atoms with Crippen LogP contribution in [0.25, 0.3) is 0 Å². The summed E-state index contributed by atoms with van der Waals surface area (Å²) in [6, 6.07) is 0. The summed E-state index contributed by atoms with van der Waals surface area (Å²) in [6.07, 6.45) is 0.587. The van der Waals surface area contributed by atoms with Crippen molar-refractivity contribution < 1.29 is 8.78 Å². The van der Waals surface area contributed by atoms with Gasteiger partial charge in [0.15, 0.2) is 0 Å². The van der Waals surface area contributed by atoms with Crippen LogP contribution in [-0.4, -0.2) is 11.8 Å². The van der Waals surface area contributed by atoms with Gasteiger partial charge in [-0.1, -0.05) is 6.92 Å². The van der Waals surface area contributed by atoms with Crippen LogP contribution in [0.5, 0.6) is 0 Å². The van der Waals surface area contributed by atoms with Crippen molar-refractivity contribution in [3.63, 3.8) is 0 Å². The topological polar surface area (TPSA) is 0 Å². The summed E-state index contributed by atoms with van der Waals surface area (Å²) < 4.78 is 23.5. The molecule has 0 aliphatic carbocycles. The standard InChI is InChI=1S/C4H9F2P/c1-3-7-4(2,5)6/h7H,3H2,1-2H3. The van der Waals surface area contributed by atoms with Gasteiger partial charge in [-0.05, 0) is 14.7 Å². The Labute approximate surface area is 44.1 Å². The van der Waals surface area contributed by atoms with Crippen molar-refractivity contribution in [3.05, 3.63) is 0 Å². The third-order valence-corrected chi connectivity index (χ3v) is 1.46. The molecule has 0 aliphatic rings. The Morgan fingerprint density at radius 1 is 1.57 bits per heavy atom. The molecule has 0 saturated carbocycles. The molecule has 0 spiro atoms. The normalized spacial score (nSPS) is 13.7. The quantitative estimate of drug-likeness (QED) is 0.498. The van der Waals surface area contributed by atoms with Crippen LogP contribution in [0.3, 0.4) is 0 Å². The highest BCUT2D eigenvalue weighted by Crippen LogP contribution is 2.33. The molecule has 0 aromatic heterocycles. The summed E-state index contributed by atoms with van der Waals surface area (Å²) in [5.74, 6) is 0. The zero-order valence-electron chi connectivity index (χ0n) is 4.46. The van der Waals surface area contributed by atoms with Gasteiger partial charge in [0.1, 0.15) is 0 Å². The van der Waals surface area contributed by atoms with Crippen LogP contribution in [-0.2, 0) is 0 Å². The highest BCUT2D eigenvalue weighted by molar-refractivity contribution is 7.39. The Balaban J connectivity index is 3.15. The predicted octanol–water partition coefficient (Wildman–Crippen LogP) is 2.30. The van der Waals surface area contributed by atoms with Crippen molar-refractivity contribution in [3.8, 4) is 0 Å². The minimum Gasteiger partial charge on any atom is -0.203 e. The fourth-order valence-corrected chi connectivity index (χ4v) is 0.931. The van der Waals surface area contributed by atoms with E-state index in [2.05, 4.69) is 0 Å². The molecule has 1 atom stereocenters. The van der Waals surface area contributed by atoms with E-state index in [4.69, 9.17) is 0 Å². The molecule has 0 aromatic carbocycles. The lowest BCUT2D eigenvalue weighted by atomic mass is 10.8. The molecule has 0 heterocycles. The average molecular weight is 126 g/mol. The first-order chi connectivity index (χ1) is 3.06. The van der Waals surface area contributed by atoms with Crippen LogP contribution in [0.4, 0.5) is 8.78 Å². The van der Waals surface area contributed by atoms with E-state index in [9.17, 15) is 8.78 Å². The summed E-state index contributed by atoms with van der Waals surface area (Å²) in [6.45, 7) is 2.71. The molecular formula is C4H9F2P. The summed E-state index contributed by atoms with van der Waals surface area (Å²) in [4.78, 5) is 0. The zero-order chi connectivity index (χ0) is 5.91. The van der Waals surface area contributed by atoms with E-state index in [-0.39, 0.29) is 8.58 Å². The smallest absolute Gasteiger partial charge is 0.203 e. The molecule has 1 unspecified atom stereocenters. The van der Waals surface area contributed by atoms with Gasteiger partial charge in [0.05, 0.1) is 0 Å². The molecule has 7 heavy (non-hydrogen) atoms. The molecule has 0 aliphatic heterocycles. The van der Waals surface area contributed by atoms with E-state index in [0.29, 0.717) is 6.16 Å². The van der Waals surface area contributed by atoms with Gasteiger partial charge in [0, 0.05) is 6.92 Å². The van der Waals surface area contributed by atoms with Gasteiger partial charge in [0.25, 0.3) is 5.66 Å². The van der Waals surface area contributed by atoms with E-state index >= 15 is 0 Å². The van der Waals surface area contributed by atoms with Crippen LogP contribution >= 0.6 is 8.58 Å². The Morgan fingerprint density at radius 3 is 2.00 bits per heavy atom. The molecule has 0 rings (SSSR count).